The molecule has 0 aliphatic rings. The number of ether oxygens (including phenoxy) is 1. The minimum atomic E-state index is -4.15. The van der Waals surface area contributed by atoms with Crippen molar-refractivity contribution in [3.8, 4) is 11.4 Å². The topological polar surface area (TPSA) is 136 Å². The molecule has 0 saturated carbocycles. The van der Waals surface area contributed by atoms with Gasteiger partial charge in [0.2, 0.25) is 10.0 Å². The summed E-state index contributed by atoms with van der Waals surface area (Å²) in [6.45, 7) is 0. The molecule has 0 spiro atoms. The molecule has 0 amide bonds. The lowest BCUT2D eigenvalue weighted by molar-refractivity contribution is 0.0328. The zero-order valence-electron chi connectivity index (χ0n) is 18.9. The molecule has 15 heteroatoms. The van der Waals surface area contributed by atoms with Gasteiger partial charge in [-0.2, -0.15) is 8.78 Å². The fourth-order valence-electron chi connectivity index (χ4n) is 3.47. The Morgan fingerprint density at radius 2 is 1.72 bits per heavy atom. The van der Waals surface area contributed by atoms with Gasteiger partial charge in [0.15, 0.2) is 17.3 Å². The number of fused-ring (bicyclic) bond motifs is 1. The van der Waals surface area contributed by atoms with E-state index in [9.17, 15) is 13.2 Å². The minimum absolute atomic E-state index is 0.0827. The number of anilines is 1. The molecule has 0 saturated heterocycles. The number of primary sulfonamides is 1. The van der Waals surface area contributed by atoms with Crippen molar-refractivity contribution in [2.45, 2.75) is 10.8 Å². The van der Waals surface area contributed by atoms with Crippen LogP contribution in [0.2, 0.25) is 10.0 Å². The molecule has 0 aliphatic heterocycles. The SMILES string of the molecule is COc1ccc(C(F)(F)c2nc3c(c(N(C)C)nn3-c3c(Cl)cc(S(N)(=O)=O)cc3Cl)c(=O)[nH]2)cc1. The van der Waals surface area contributed by atoms with Crippen LogP contribution in [0.3, 0.4) is 0 Å². The van der Waals surface area contributed by atoms with E-state index in [1.807, 2.05) is 0 Å². The van der Waals surface area contributed by atoms with Crippen LogP contribution >= 0.6 is 23.2 Å². The summed E-state index contributed by atoms with van der Waals surface area (Å²) in [6, 6.07) is 7.04. The standard InChI is InChI=1S/C21H18Cl2F2N6O4S/c1-30(2)18-15-17(31(29-18)16-13(22)8-12(9-14(16)23)36(26,33)34)27-20(28-19(15)32)21(24,25)10-4-6-11(35-3)7-5-10/h4-9H,1-3H3,(H2,26,33,34)(H,27,28,32). The van der Waals surface area contributed by atoms with E-state index < -0.39 is 32.9 Å². The number of nitrogens with one attached hydrogen (secondary N) is 1. The molecule has 4 aromatic rings. The minimum Gasteiger partial charge on any atom is -0.497 e. The van der Waals surface area contributed by atoms with E-state index in [4.69, 9.17) is 33.1 Å². The molecule has 0 aliphatic carbocycles. The zero-order valence-corrected chi connectivity index (χ0v) is 21.2. The Bertz CT molecular complexity index is 1630. The summed E-state index contributed by atoms with van der Waals surface area (Å²) in [4.78, 5) is 20.3. The zero-order chi connectivity index (χ0) is 26.6. The number of aromatic nitrogens is 4. The van der Waals surface area contributed by atoms with Gasteiger partial charge in [-0.05, 0) is 36.4 Å². The van der Waals surface area contributed by atoms with E-state index in [2.05, 4.69) is 15.1 Å². The molecule has 36 heavy (non-hydrogen) atoms. The number of sulfonamides is 1. The fourth-order valence-corrected chi connectivity index (χ4v) is 4.81. The third-order valence-corrected chi connectivity index (χ3v) is 6.69. The van der Waals surface area contributed by atoms with Gasteiger partial charge in [-0.15, -0.1) is 5.10 Å². The molecule has 2 heterocycles. The third kappa shape index (κ3) is 4.39. The summed E-state index contributed by atoms with van der Waals surface area (Å²) in [7, 11) is 0.411. The van der Waals surface area contributed by atoms with Crippen LogP contribution in [0, 0.1) is 0 Å². The van der Waals surface area contributed by atoms with E-state index in [-0.39, 0.29) is 37.5 Å². The molecule has 3 N–H and O–H groups in total. The predicted molar refractivity (Wildman–Crippen MR) is 131 cm³/mol. The Labute approximate surface area is 213 Å². The average Bonchev–Trinajstić information content (AvgIpc) is 3.18. The molecule has 0 bridgehead atoms. The number of nitrogens with zero attached hydrogens (tertiary/aromatic N) is 4. The van der Waals surface area contributed by atoms with Gasteiger partial charge in [-0.25, -0.2) is 23.2 Å². The summed E-state index contributed by atoms with van der Waals surface area (Å²) in [5.74, 6) is -4.21. The van der Waals surface area contributed by atoms with Gasteiger partial charge in [0.1, 0.15) is 16.8 Å². The van der Waals surface area contributed by atoms with Crippen molar-refractivity contribution in [3.63, 3.8) is 0 Å². The molecule has 2 aromatic carbocycles. The van der Waals surface area contributed by atoms with Crippen molar-refractivity contribution in [1.29, 1.82) is 0 Å². The van der Waals surface area contributed by atoms with Gasteiger partial charge in [-0.3, -0.25) is 4.79 Å². The lowest BCUT2D eigenvalue weighted by Crippen LogP contribution is -2.24. The van der Waals surface area contributed by atoms with Crippen LogP contribution in [-0.2, 0) is 15.9 Å². The molecule has 2 aromatic heterocycles. The average molecular weight is 559 g/mol. The summed E-state index contributed by atoms with van der Waals surface area (Å²) in [5, 5.41) is 8.91. The first-order valence-electron chi connectivity index (χ1n) is 10.0. The first-order valence-corrected chi connectivity index (χ1v) is 12.3. The number of hydrogen-bond donors (Lipinski definition) is 2. The number of rotatable bonds is 6. The maximum Gasteiger partial charge on any atom is 0.330 e. The normalized spacial score (nSPS) is 12.2. The fraction of sp³-hybridized carbons (Fsp3) is 0.190. The number of aromatic amines is 1. The lowest BCUT2D eigenvalue weighted by Gasteiger charge is -2.16. The Morgan fingerprint density at radius 3 is 2.22 bits per heavy atom. The quantitative estimate of drug-likeness (QED) is 0.370. The van der Waals surface area contributed by atoms with E-state index in [1.54, 1.807) is 14.1 Å². The Balaban J connectivity index is 2.01. The maximum absolute atomic E-state index is 15.4. The Morgan fingerprint density at radius 1 is 1.14 bits per heavy atom. The first kappa shape index (κ1) is 25.8. The van der Waals surface area contributed by atoms with E-state index in [0.29, 0.717) is 5.75 Å². The number of hydrogen-bond acceptors (Lipinski definition) is 7. The summed E-state index contributed by atoms with van der Waals surface area (Å²) in [6.07, 6.45) is 0. The number of alkyl halides is 2. The highest BCUT2D eigenvalue weighted by Crippen LogP contribution is 2.37. The lowest BCUT2D eigenvalue weighted by atomic mass is 10.1. The smallest absolute Gasteiger partial charge is 0.330 e. The second kappa shape index (κ2) is 9.00. The van der Waals surface area contributed by atoms with Crippen molar-refractivity contribution in [2.24, 2.45) is 5.14 Å². The van der Waals surface area contributed by atoms with Crippen molar-refractivity contribution in [3.05, 3.63) is 68.2 Å². The second-order valence-electron chi connectivity index (χ2n) is 7.83. The Kier molecular flexibility index (Phi) is 6.45. The maximum atomic E-state index is 15.4. The van der Waals surface area contributed by atoms with Crippen LogP contribution in [0.25, 0.3) is 16.7 Å². The molecule has 0 unspecified atom stereocenters. The van der Waals surface area contributed by atoms with Gasteiger partial charge in [0.25, 0.3) is 5.56 Å². The molecule has 0 atom stereocenters. The molecule has 10 nitrogen and oxygen atoms in total. The highest BCUT2D eigenvalue weighted by molar-refractivity contribution is 7.89. The molecular formula is C21H18Cl2F2N6O4S. The summed E-state index contributed by atoms with van der Waals surface area (Å²) >= 11 is 12.6. The summed E-state index contributed by atoms with van der Waals surface area (Å²) in [5.41, 5.74) is -1.69. The highest BCUT2D eigenvalue weighted by atomic mass is 35.5. The van der Waals surface area contributed by atoms with Crippen molar-refractivity contribution in [1.82, 2.24) is 19.7 Å². The van der Waals surface area contributed by atoms with Crippen LogP contribution in [0.5, 0.6) is 5.75 Å². The highest BCUT2D eigenvalue weighted by Gasteiger charge is 2.38. The first-order chi connectivity index (χ1) is 16.8. The molecule has 0 radical (unpaired) electrons. The summed E-state index contributed by atoms with van der Waals surface area (Å²) < 4.78 is 60.4. The Hall–Kier alpha value is -3.26. The van der Waals surface area contributed by atoms with Crippen LogP contribution < -0.4 is 20.3 Å². The van der Waals surface area contributed by atoms with E-state index in [0.717, 1.165) is 28.9 Å². The third-order valence-electron chi connectivity index (χ3n) is 5.22. The van der Waals surface area contributed by atoms with E-state index >= 15 is 8.78 Å². The van der Waals surface area contributed by atoms with Crippen molar-refractivity contribution in [2.75, 3.05) is 26.1 Å². The molecule has 190 valence electrons. The largest absolute Gasteiger partial charge is 0.497 e. The second-order valence-corrected chi connectivity index (χ2v) is 10.2. The number of benzene rings is 2. The molecule has 4 rings (SSSR count). The monoisotopic (exact) mass is 558 g/mol. The van der Waals surface area contributed by atoms with Gasteiger partial charge in [0.05, 0.1) is 22.1 Å². The van der Waals surface area contributed by atoms with Gasteiger partial charge in [-0.1, -0.05) is 23.2 Å². The van der Waals surface area contributed by atoms with Crippen molar-refractivity contribution < 1.29 is 21.9 Å². The number of H-pyrrole nitrogens is 1. The number of halogens is 4. The van der Waals surface area contributed by atoms with Crippen molar-refractivity contribution >= 4 is 50.1 Å². The molecular weight excluding hydrogens is 541 g/mol. The van der Waals surface area contributed by atoms with Gasteiger partial charge < -0.3 is 14.6 Å². The molecule has 0 fully saturated rings. The van der Waals surface area contributed by atoms with Gasteiger partial charge >= 0.3 is 5.92 Å². The number of nitrogens with two attached hydrogens (primary N) is 1. The predicted octanol–water partition coefficient (Wildman–Crippen LogP) is 3.28. The van der Waals surface area contributed by atoms with Crippen LogP contribution in [0.1, 0.15) is 11.4 Å². The van der Waals surface area contributed by atoms with Crippen LogP contribution in [0.4, 0.5) is 14.6 Å². The van der Waals surface area contributed by atoms with Crippen LogP contribution in [-0.4, -0.2) is 49.4 Å². The van der Waals surface area contributed by atoms with E-state index in [1.165, 1.54) is 24.1 Å². The van der Waals surface area contributed by atoms with Crippen LogP contribution in [0.15, 0.2) is 46.1 Å². The van der Waals surface area contributed by atoms with Gasteiger partial charge in [0, 0.05) is 19.7 Å². The number of methoxy groups -OCH3 is 1.